The summed E-state index contributed by atoms with van der Waals surface area (Å²) in [6.07, 6.45) is 2.15. The minimum Gasteiger partial charge on any atom is -0.493 e. The van der Waals surface area contributed by atoms with E-state index in [1.165, 1.54) is 25.3 Å². The minimum absolute atomic E-state index is 0.0186. The molecule has 3 aromatic rings. The van der Waals surface area contributed by atoms with Gasteiger partial charge in [-0.05, 0) is 59.5 Å². The van der Waals surface area contributed by atoms with Crippen LogP contribution in [0, 0.1) is 5.82 Å². The third kappa shape index (κ3) is 6.12. The summed E-state index contributed by atoms with van der Waals surface area (Å²) >= 11 is 6.42. The van der Waals surface area contributed by atoms with Gasteiger partial charge >= 0.3 is 6.03 Å². The van der Waals surface area contributed by atoms with E-state index in [-0.39, 0.29) is 28.9 Å². The Kier molecular flexibility index (Phi) is 8.28. The lowest BCUT2D eigenvalue weighted by Crippen LogP contribution is -2.38. The van der Waals surface area contributed by atoms with Crippen LogP contribution in [0.1, 0.15) is 23.6 Å². The first-order valence-corrected chi connectivity index (χ1v) is 12.1. The van der Waals surface area contributed by atoms with Gasteiger partial charge in [0.25, 0.3) is 5.91 Å². The zero-order valence-corrected chi connectivity index (χ0v) is 21.5. The van der Waals surface area contributed by atoms with Crippen molar-refractivity contribution in [2.24, 2.45) is 0 Å². The van der Waals surface area contributed by atoms with Crippen LogP contribution < -0.4 is 20.1 Å². The number of ether oxygens (including phenoxy) is 2. The second kappa shape index (κ2) is 11.8. The van der Waals surface area contributed by atoms with E-state index in [4.69, 9.17) is 21.1 Å². The van der Waals surface area contributed by atoms with Crippen LogP contribution in [-0.4, -0.2) is 36.4 Å². The van der Waals surface area contributed by atoms with E-state index in [1.54, 1.807) is 36.4 Å². The van der Waals surface area contributed by atoms with E-state index >= 15 is 0 Å². The van der Waals surface area contributed by atoms with Gasteiger partial charge in [-0.15, -0.1) is 0 Å². The Balaban J connectivity index is 1.47. The van der Waals surface area contributed by atoms with E-state index in [9.17, 15) is 18.8 Å². The van der Waals surface area contributed by atoms with Crippen LogP contribution in [-0.2, 0) is 22.6 Å². The maximum absolute atomic E-state index is 13.1. The number of carbonyl (C=O) groups is 3. The maximum atomic E-state index is 13.1. The van der Waals surface area contributed by atoms with Crippen molar-refractivity contribution < 1.29 is 28.2 Å². The third-order valence-electron chi connectivity index (χ3n) is 5.80. The molecule has 4 amide bonds. The highest BCUT2D eigenvalue weighted by atomic mass is 35.5. The number of methoxy groups -OCH3 is 1. The van der Waals surface area contributed by atoms with Crippen molar-refractivity contribution in [1.82, 2.24) is 10.2 Å². The van der Waals surface area contributed by atoms with Gasteiger partial charge in [-0.25, -0.2) is 14.1 Å². The highest BCUT2D eigenvalue weighted by Crippen LogP contribution is 2.37. The number of benzene rings is 3. The Morgan fingerprint density at radius 3 is 2.58 bits per heavy atom. The number of aryl methyl sites for hydroxylation is 1. The first-order valence-electron chi connectivity index (χ1n) is 11.8. The van der Waals surface area contributed by atoms with Gasteiger partial charge in [-0.1, -0.05) is 48.9 Å². The Morgan fingerprint density at radius 2 is 1.87 bits per heavy atom. The summed E-state index contributed by atoms with van der Waals surface area (Å²) in [5.74, 6) is -0.929. The largest absolute Gasteiger partial charge is 0.493 e. The lowest BCUT2D eigenvalue weighted by Gasteiger charge is -2.14. The smallest absolute Gasteiger partial charge is 0.329 e. The number of para-hydroxylation sites is 1. The predicted octanol–water partition coefficient (Wildman–Crippen LogP) is 5.16. The zero-order chi connectivity index (χ0) is 27.2. The fraction of sp³-hybridized carbons (Fsp3) is 0.179. The molecule has 4 rings (SSSR count). The Hall–Kier alpha value is -4.37. The van der Waals surface area contributed by atoms with Gasteiger partial charge < -0.3 is 20.1 Å². The summed E-state index contributed by atoms with van der Waals surface area (Å²) in [6.45, 7) is 1.65. The van der Waals surface area contributed by atoms with Gasteiger partial charge in [-0.2, -0.15) is 0 Å². The molecule has 0 unspecified atom stereocenters. The number of imide groups is 1. The molecule has 1 fully saturated rings. The number of halogens is 2. The van der Waals surface area contributed by atoms with E-state index < -0.39 is 24.4 Å². The molecule has 3 aromatic carbocycles. The summed E-state index contributed by atoms with van der Waals surface area (Å²) in [4.78, 5) is 38.8. The Bertz CT molecular complexity index is 1410. The van der Waals surface area contributed by atoms with Crippen LogP contribution in [0.3, 0.4) is 0 Å². The molecule has 2 N–H and O–H groups in total. The SMILES string of the molecule is CCc1ccccc1NC(=O)CN1C(=O)N/C(=C/c2cc(Cl)c(OCc3ccc(F)cc3)c(OC)c2)C1=O. The number of hydrogen-bond donors (Lipinski definition) is 2. The van der Waals surface area contributed by atoms with E-state index in [1.807, 2.05) is 19.1 Å². The molecule has 8 nitrogen and oxygen atoms in total. The van der Waals surface area contributed by atoms with E-state index in [2.05, 4.69) is 10.6 Å². The third-order valence-corrected chi connectivity index (χ3v) is 6.08. The Labute approximate surface area is 224 Å². The van der Waals surface area contributed by atoms with E-state index in [0.29, 0.717) is 23.4 Å². The standard InChI is InChI=1S/C28H25ClFN3O5/c1-3-19-6-4-5-7-22(19)31-25(34)15-33-27(35)23(32-28(33)36)13-18-12-21(29)26(24(14-18)37-2)38-16-17-8-10-20(30)11-9-17/h4-14H,3,15-16H2,1-2H3,(H,31,34)(H,32,36)/b23-13+. The number of anilines is 1. The molecule has 0 atom stereocenters. The molecule has 0 aromatic heterocycles. The van der Waals surface area contributed by atoms with Crippen LogP contribution in [0.25, 0.3) is 6.08 Å². The molecule has 0 spiro atoms. The normalized spacial score (nSPS) is 14.0. The summed E-state index contributed by atoms with van der Waals surface area (Å²) in [7, 11) is 1.44. The summed E-state index contributed by atoms with van der Waals surface area (Å²) in [5, 5.41) is 5.45. The number of nitrogens with zero attached hydrogens (tertiary/aromatic N) is 1. The summed E-state index contributed by atoms with van der Waals surface area (Å²) in [5.41, 5.74) is 2.75. The van der Waals surface area contributed by atoms with Crippen molar-refractivity contribution in [2.75, 3.05) is 19.0 Å². The molecule has 196 valence electrons. The lowest BCUT2D eigenvalue weighted by atomic mass is 10.1. The van der Waals surface area contributed by atoms with Crippen LogP contribution in [0.4, 0.5) is 14.9 Å². The molecule has 1 heterocycles. The molecule has 0 saturated carbocycles. The van der Waals surface area contributed by atoms with Crippen molar-refractivity contribution in [3.63, 3.8) is 0 Å². The van der Waals surface area contributed by atoms with Gasteiger partial charge in [0.1, 0.15) is 24.7 Å². The topological polar surface area (TPSA) is 97.0 Å². The zero-order valence-electron chi connectivity index (χ0n) is 20.7. The fourth-order valence-corrected chi connectivity index (χ4v) is 4.14. The lowest BCUT2D eigenvalue weighted by molar-refractivity contribution is -0.127. The molecular formula is C28H25ClFN3O5. The molecule has 0 radical (unpaired) electrons. The number of nitrogens with one attached hydrogen (secondary N) is 2. The van der Waals surface area contributed by atoms with Gasteiger partial charge in [0, 0.05) is 5.69 Å². The second-order valence-electron chi connectivity index (χ2n) is 8.39. The number of urea groups is 1. The van der Waals surface area contributed by atoms with Crippen molar-refractivity contribution in [3.8, 4) is 11.5 Å². The average molecular weight is 538 g/mol. The minimum atomic E-state index is -0.711. The first kappa shape index (κ1) is 26.7. The van der Waals surface area contributed by atoms with E-state index in [0.717, 1.165) is 16.0 Å². The molecule has 1 saturated heterocycles. The maximum Gasteiger partial charge on any atom is 0.329 e. The van der Waals surface area contributed by atoms with Gasteiger partial charge in [0.2, 0.25) is 5.91 Å². The monoisotopic (exact) mass is 537 g/mol. The highest BCUT2D eigenvalue weighted by molar-refractivity contribution is 6.32. The average Bonchev–Trinajstić information content (AvgIpc) is 3.16. The van der Waals surface area contributed by atoms with Gasteiger partial charge in [0.05, 0.1) is 12.1 Å². The Morgan fingerprint density at radius 1 is 1.13 bits per heavy atom. The van der Waals surface area contributed by atoms with Gasteiger partial charge in [-0.3, -0.25) is 9.59 Å². The molecule has 38 heavy (non-hydrogen) atoms. The van der Waals surface area contributed by atoms with Gasteiger partial charge in [0.15, 0.2) is 11.5 Å². The first-order chi connectivity index (χ1) is 18.3. The van der Waals surface area contributed by atoms with Crippen molar-refractivity contribution in [1.29, 1.82) is 0 Å². The summed E-state index contributed by atoms with van der Waals surface area (Å²) < 4.78 is 24.3. The molecule has 0 bridgehead atoms. The number of hydrogen-bond acceptors (Lipinski definition) is 5. The highest BCUT2D eigenvalue weighted by Gasteiger charge is 2.35. The van der Waals surface area contributed by atoms with Crippen molar-refractivity contribution >= 4 is 41.2 Å². The molecule has 10 heteroatoms. The van der Waals surface area contributed by atoms with Crippen molar-refractivity contribution in [2.45, 2.75) is 20.0 Å². The molecule has 1 aliphatic heterocycles. The number of amides is 4. The fourth-order valence-electron chi connectivity index (χ4n) is 3.87. The molecular weight excluding hydrogens is 513 g/mol. The predicted molar refractivity (Wildman–Crippen MR) is 141 cm³/mol. The molecule has 0 aliphatic carbocycles. The van der Waals surface area contributed by atoms with Crippen molar-refractivity contribution in [3.05, 3.63) is 93.9 Å². The summed E-state index contributed by atoms with van der Waals surface area (Å²) in [6, 6.07) is 15.6. The molecule has 1 aliphatic rings. The van der Waals surface area contributed by atoms with Crippen LogP contribution in [0.15, 0.2) is 66.4 Å². The number of rotatable bonds is 9. The second-order valence-corrected chi connectivity index (χ2v) is 8.79. The van der Waals surface area contributed by atoms with Crippen LogP contribution in [0.2, 0.25) is 5.02 Å². The van der Waals surface area contributed by atoms with Crippen LogP contribution in [0.5, 0.6) is 11.5 Å². The quantitative estimate of drug-likeness (QED) is 0.290. The number of carbonyl (C=O) groups excluding carboxylic acids is 3. The van der Waals surface area contributed by atoms with Crippen LogP contribution >= 0.6 is 11.6 Å².